The van der Waals surface area contributed by atoms with Crippen molar-refractivity contribution >= 4 is 22.6 Å². The number of aliphatic hydroxyl groups is 1. The molecule has 0 aliphatic carbocycles. The predicted octanol–water partition coefficient (Wildman–Crippen LogP) is 3.67. The summed E-state index contributed by atoms with van der Waals surface area (Å²) in [5, 5.41) is 10.2. The highest BCUT2D eigenvalue weighted by Crippen LogP contribution is 2.29. The number of furan rings is 1. The van der Waals surface area contributed by atoms with E-state index in [1.165, 1.54) is 12.1 Å². The van der Waals surface area contributed by atoms with Gasteiger partial charge in [0.1, 0.15) is 23.3 Å². The quantitative estimate of drug-likeness (QED) is 0.851. The zero-order valence-electron chi connectivity index (χ0n) is 8.13. The van der Waals surface area contributed by atoms with Crippen LogP contribution in [0, 0.1) is 5.82 Å². The average molecular weight is 229 g/mol. The van der Waals surface area contributed by atoms with Gasteiger partial charge in [0.15, 0.2) is 0 Å². The van der Waals surface area contributed by atoms with Crippen LogP contribution in [0.2, 0.25) is 5.02 Å². The lowest BCUT2D eigenvalue weighted by atomic mass is 10.2. The molecular formula is C11H10ClFO2. The molecule has 0 spiro atoms. The molecule has 0 amide bonds. The molecule has 15 heavy (non-hydrogen) atoms. The van der Waals surface area contributed by atoms with Gasteiger partial charge in [-0.25, -0.2) is 4.39 Å². The zero-order chi connectivity index (χ0) is 11.0. The van der Waals surface area contributed by atoms with Crippen molar-refractivity contribution in [1.82, 2.24) is 0 Å². The Kier molecular flexibility index (Phi) is 2.67. The van der Waals surface area contributed by atoms with Gasteiger partial charge >= 0.3 is 0 Å². The molecule has 1 aromatic heterocycles. The summed E-state index contributed by atoms with van der Waals surface area (Å²) in [7, 11) is 0. The molecule has 1 aromatic carbocycles. The number of rotatable bonds is 2. The molecule has 0 saturated carbocycles. The monoisotopic (exact) mass is 228 g/mol. The Morgan fingerprint density at radius 2 is 2.20 bits per heavy atom. The molecule has 2 rings (SSSR count). The van der Waals surface area contributed by atoms with Crippen LogP contribution in [0.25, 0.3) is 11.0 Å². The number of halogens is 2. The topological polar surface area (TPSA) is 33.4 Å². The van der Waals surface area contributed by atoms with Crippen LogP contribution in [0.15, 0.2) is 22.6 Å². The summed E-state index contributed by atoms with van der Waals surface area (Å²) in [5.41, 5.74) is 0.490. The summed E-state index contributed by atoms with van der Waals surface area (Å²) in [6.07, 6.45) is -0.102. The van der Waals surface area contributed by atoms with E-state index < -0.39 is 11.9 Å². The molecule has 0 aliphatic rings. The van der Waals surface area contributed by atoms with E-state index in [0.717, 1.165) is 0 Å². The number of hydrogen-bond acceptors (Lipinski definition) is 2. The second-order valence-corrected chi connectivity index (χ2v) is 3.78. The second kappa shape index (κ2) is 3.83. The summed E-state index contributed by atoms with van der Waals surface area (Å²) in [6.45, 7) is 1.84. The Morgan fingerprint density at radius 3 is 2.87 bits per heavy atom. The van der Waals surface area contributed by atoms with Crippen molar-refractivity contribution in [3.05, 3.63) is 34.8 Å². The molecule has 0 bridgehead atoms. The van der Waals surface area contributed by atoms with E-state index in [1.54, 1.807) is 6.07 Å². The van der Waals surface area contributed by atoms with Gasteiger partial charge in [0.05, 0.1) is 5.02 Å². The average Bonchev–Trinajstić information content (AvgIpc) is 2.60. The Morgan fingerprint density at radius 1 is 1.47 bits per heavy atom. The first kappa shape index (κ1) is 10.5. The largest absolute Gasteiger partial charge is 0.458 e. The van der Waals surface area contributed by atoms with Crippen LogP contribution in [-0.4, -0.2) is 5.11 Å². The van der Waals surface area contributed by atoms with Crippen molar-refractivity contribution in [3.63, 3.8) is 0 Å². The smallest absolute Gasteiger partial charge is 0.142 e. The molecule has 2 aromatic rings. The van der Waals surface area contributed by atoms with Crippen molar-refractivity contribution in [1.29, 1.82) is 0 Å². The normalized spacial score (nSPS) is 13.3. The molecule has 0 fully saturated rings. The summed E-state index contributed by atoms with van der Waals surface area (Å²) in [5.74, 6) is -0.0447. The van der Waals surface area contributed by atoms with Crippen LogP contribution in [-0.2, 0) is 0 Å². The van der Waals surface area contributed by atoms with Gasteiger partial charge in [0.2, 0.25) is 0 Å². The first-order valence-corrected chi connectivity index (χ1v) is 5.06. The third kappa shape index (κ3) is 1.85. The lowest BCUT2D eigenvalue weighted by Gasteiger charge is -2.00. The lowest BCUT2D eigenvalue weighted by molar-refractivity contribution is 0.148. The molecule has 0 aliphatic heterocycles. The van der Waals surface area contributed by atoms with Crippen LogP contribution in [0.4, 0.5) is 4.39 Å². The maximum Gasteiger partial charge on any atom is 0.142 e. The van der Waals surface area contributed by atoms with E-state index in [0.29, 0.717) is 23.2 Å². The van der Waals surface area contributed by atoms with Gasteiger partial charge in [0, 0.05) is 11.5 Å². The van der Waals surface area contributed by atoms with Gasteiger partial charge in [-0.3, -0.25) is 0 Å². The number of aliphatic hydroxyl groups excluding tert-OH is 1. The highest BCUT2D eigenvalue weighted by Gasteiger charge is 2.13. The highest BCUT2D eigenvalue weighted by atomic mass is 35.5. The number of hydrogen-bond donors (Lipinski definition) is 1. The first-order chi connectivity index (χ1) is 7.11. The Labute approximate surface area is 91.3 Å². The van der Waals surface area contributed by atoms with E-state index in [-0.39, 0.29) is 5.02 Å². The maximum absolute atomic E-state index is 13.1. The molecule has 80 valence electrons. The fourth-order valence-electron chi connectivity index (χ4n) is 1.42. The Bertz CT molecular complexity index is 454. The lowest BCUT2D eigenvalue weighted by Crippen LogP contribution is -1.90. The molecule has 1 N–H and O–H groups in total. The zero-order valence-corrected chi connectivity index (χ0v) is 8.88. The summed E-state index contributed by atoms with van der Waals surface area (Å²) >= 11 is 5.61. The van der Waals surface area contributed by atoms with E-state index in [4.69, 9.17) is 16.0 Å². The van der Waals surface area contributed by atoms with Crippen molar-refractivity contribution in [3.8, 4) is 0 Å². The van der Waals surface area contributed by atoms with Gasteiger partial charge in [-0.05, 0) is 18.6 Å². The molecule has 0 unspecified atom stereocenters. The minimum atomic E-state index is -0.653. The van der Waals surface area contributed by atoms with Gasteiger partial charge < -0.3 is 9.52 Å². The van der Waals surface area contributed by atoms with Crippen LogP contribution in [0.1, 0.15) is 25.2 Å². The molecule has 2 nitrogen and oxygen atoms in total. The molecule has 1 heterocycles. The van der Waals surface area contributed by atoms with Crippen LogP contribution < -0.4 is 0 Å². The fraction of sp³-hybridized carbons (Fsp3) is 0.273. The maximum atomic E-state index is 13.1. The van der Waals surface area contributed by atoms with E-state index >= 15 is 0 Å². The van der Waals surface area contributed by atoms with Crippen molar-refractivity contribution < 1.29 is 13.9 Å². The van der Waals surface area contributed by atoms with E-state index in [1.807, 2.05) is 6.92 Å². The van der Waals surface area contributed by atoms with E-state index in [2.05, 4.69) is 0 Å². The summed E-state index contributed by atoms with van der Waals surface area (Å²) in [4.78, 5) is 0. The highest BCUT2D eigenvalue weighted by molar-refractivity contribution is 6.31. The van der Waals surface area contributed by atoms with Crippen LogP contribution in [0.3, 0.4) is 0 Å². The van der Waals surface area contributed by atoms with Gasteiger partial charge in [0.25, 0.3) is 0 Å². The first-order valence-electron chi connectivity index (χ1n) is 4.68. The summed E-state index contributed by atoms with van der Waals surface area (Å²) < 4.78 is 18.5. The van der Waals surface area contributed by atoms with Crippen LogP contribution in [0.5, 0.6) is 0 Å². The number of fused-ring (bicyclic) bond motifs is 1. The van der Waals surface area contributed by atoms with Gasteiger partial charge in [-0.2, -0.15) is 0 Å². The van der Waals surface area contributed by atoms with E-state index in [9.17, 15) is 9.50 Å². The predicted molar refractivity (Wildman–Crippen MR) is 56.4 cm³/mol. The summed E-state index contributed by atoms with van der Waals surface area (Å²) in [6, 6.07) is 4.34. The molecule has 1 atom stereocenters. The second-order valence-electron chi connectivity index (χ2n) is 3.38. The fourth-order valence-corrected chi connectivity index (χ4v) is 1.57. The van der Waals surface area contributed by atoms with Gasteiger partial charge in [-0.1, -0.05) is 18.5 Å². The van der Waals surface area contributed by atoms with Crippen molar-refractivity contribution in [2.75, 3.05) is 0 Å². The standard InChI is InChI=1S/C11H10ClFO2/c1-2-9(14)11-4-6-3-8(13)7(12)5-10(6)15-11/h3-5,9,14H,2H2,1H3/t9-/m0/s1. The molecule has 0 radical (unpaired) electrons. The Balaban J connectivity index is 2.56. The third-order valence-electron chi connectivity index (χ3n) is 2.29. The third-order valence-corrected chi connectivity index (χ3v) is 2.58. The Hall–Kier alpha value is -1.06. The SMILES string of the molecule is CC[C@H](O)c1cc2cc(F)c(Cl)cc2o1. The van der Waals surface area contributed by atoms with Crippen LogP contribution >= 0.6 is 11.6 Å². The van der Waals surface area contributed by atoms with Gasteiger partial charge in [-0.15, -0.1) is 0 Å². The molecule has 0 saturated heterocycles. The number of benzene rings is 1. The minimum absolute atomic E-state index is 0.0226. The van der Waals surface area contributed by atoms with Crippen molar-refractivity contribution in [2.24, 2.45) is 0 Å². The van der Waals surface area contributed by atoms with Crippen molar-refractivity contribution in [2.45, 2.75) is 19.4 Å². The minimum Gasteiger partial charge on any atom is -0.458 e. The molecule has 4 heteroatoms. The molecular weight excluding hydrogens is 219 g/mol.